The van der Waals surface area contributed by atoms with Crippen LogP contribution in [0.4, 0.5) is 0 Å². The number of nitrogens with zero attached hydrogens (tertiary/aromatic N) is 1. The van der Waals surface area contributed by atoms with Gasteiger partial charge in [-0.15, -0.1) is 0 Å². The van der Waals surface area contributed by atoms with Crippen molar-refractivity contribution in [3.05, 3.63) is 71.8 Å². The molecule has 1 heteroatoms. The summed E-state index contributed by atoms with van der Waals surface area (Å²) in [6.45, 7) is 11.7. The van der Waals surface area contributed by atoms with Gasteiger partial charge in [0.1, 0.15) is 0 Å². The van der Waals surface area contributed by atoms with Crippen LogP contribution in [0.25, 0.3) is 0 Å². The van der Waals surface area contributed by atoms with Crippen molar-refractivity contribution >= 4 is 0 Å². The maximum atomic E-state index is 2.72. The first-order valence-corrected chi connectivity index (χ1v) is 13.2. The van der Waals surface area contributed by atoms with Crippen LogP contribution >= 0.6 is 0 Å². The smallest absolute Gasteiger partial charge is 0.0217 e. The summed E-state index contributed by atoms with van der Waals surface area (Å²) in [5.41, 5.74) is 2.90. The van der Waals surface area contributed by atoms with Gasteiger partial charge in [-0.1, -0.05) is 120 Å². The summed E-state index contributed by atoms with van der Waals surface area (Å²) in [7, 11) is 0. The van der Waals surface area contributed by atoms with E-state index in [1.54, 1.807) is 0 Å². The number of benzene rings is 2. The van der Waals surface area contributed by atoms with Gasteiger partial charge in [0.05, 0.1) is 0 Å². The molecule has 1 aliphatic heterocycles. The highest BCUT2D eigenvalue weighted by Crippen LogP contribution is 2.34. The highest BCUT2D eigenvalue weighted by Gasteiger charge is 2.25. The van der Waals surface area contributed by atoms with Crippen molar-refractivity contribution in [1.82, 2.24) is 4.90 Å². The predicted octanol–water partition coefficient (Wildman–Crippen LogP) is 8.55. The van der Waals surface area contributed by atoms with Gasteiger partial charge < -0.3 is 4.90 Å². The molecule has 0 N–H and O–H groups in total. The second kappa shape index (κ2) is 15.2. The largest absolute Gasteiger partial charge is 0.302 e. The minimum Gasteiger partial charge on any atom is -0.302 e. The molecule has 0 amide bonds. The molecule has 31 heavy (non-hydrogen) atoms. The topological polar surface area (TPSA) is 3.24 Å². The standard InChI is InChI=1S/C26H35N.2C2H6/c1-4-10-22(11-5-1)20-23-16-18-27(19-17-23)21-26(24-12-6-2-7-13-24)25-14-8-3-9-15-25;2*1-2/h2-3,6-9,12-15,22-23,26H,1,4-5,10-11,16-21H2;2*1-2H3. The molecule has 1 aliphatic carbocycles. The van der Waals surface area contributed by atoms with Crippen LogP contribution in [0.2, 0.25) is 0 Å². The van der Waals surface area contributed by atoms with Crippen LogP contribution in [0.1, 0.15) is 96.1 Å². The van der Waals surface area contributed by atoms with Gasteiger partial charge in [-0.2, -0.15) is 0 Å². The summed E-state index contributed by atoms with van der Waals surface area (Å²) in [5.74, 6) is 2.51. The zero-order valence-corrected chi connectivity index (χ0v) is 20.7. The van der Waals surface area contributed by atoms with Gasteiger partial charge in [0.15, 0.2) is 0 Å². The maximum Gasteiger partial charge on any atom is 0.0217 e. The van der Waals surface area contributed by atoms with Crippen LogP contribution in [0.3, 0.4) is 0 Å². The first-order valence-electron chi connectivity index (χ1n) is 13.2. The molecule has 0 bridgehead atoms. The van der Waals surface area contributed by atoms with Gasteiger partial charge in [-0.05, 0) is 55.3 Å². The van der Waals surface area contributed by atoms with Crippen LogP contribution in [0.5, 0.6) is 0 Å². The summed E-state index contributed by atoms with van der Waals surface area (Å²) < 4.78 is 0. The van der Waals surface area contributed by atoms with Crippen molar-refractivity contribution in [2.24, 2.45) is 11.8 Å². The first-order chi connectivity index (χ1) is 15.4. The lowest BCUT2D eigenvalue weighted by molar-refractivity contribution is 0.155. The molecule has 2 fully saturated rings. The molecular weight excluding hydrogens is 374 g/mol. The van der Waals surface area contributed by atoms with Crippen LogP contribution in [-0.2, 0) is 0 Å². The predicted molar refractivity (Wildman–Crippen MR) is 138 cm³/mol. The lowest BCUT2D eigenvalue weighted by Crippen LogP contribution is -2.37. The molecule has 2 aliphatic rings. The van der Waals surface area contributed by atoms with Gasteiger partial charge in [0.2, 0.25) is 0 Å². The van der Waals surface area contributed by atoms with Crippen LogP contribution in [0, 0.1) is 11.8 Å². The Kier molecular flexibility index (Phi) is 12.6. The monoisotopic (exact) mass is 421 g/mol. The number of rotatable bonds is 6. The molecule has 2 aromatic rings. The number of piperidine rings is 1. The number of hydrogen-bond acceptors (Lipinski definition) is 1. The molecule has 0 radical (unpaired) electrons. The molecule has 2 aromatic carbocycles. The average Bonchev–Trinajstić information content (AvgIpc) is 2.88. The van der Waals surface area contributed by atoms with Crippen molar-refractivity contribution < 1.29 is 0 Å². The second-order valence-electron chi connectivity index (χ2n) is 8.86. The van der Waals surface area contributed by atoms with E-state index in [9.17, 15) is 0 Å². The summed E-state index contributed by atoms with van der Waals surface area (Å²) in [6, 6.07) is 22.2. The fraction of sp³-hybridized carbons (Fsp3) is 0.600. The number of likely N-dealkylation sites (tertiary alicyclic amines) is 1. The lowest BCUT2D eigenvalue weighted by atomic mass is 9.79. The highest BCUT2D eigenvalue weighted by atomic mass is 15.1. The van der Waals surface area contributed by atoms with Crippen molar-refractivity contribution in [3.8, 4) is 0 Å². The van der Waals surface area contributed by atoms with Crippen LogP contribution < -0.4 is 0 Å². The molecular formula is C30H47N. The summed E-state index contributed by atoms with van der Waals surface area (Å²) >= 11 is 0. The third-order valence-electron chi connectivity index (χ3n) is 6.94. The minimum absolute atomic E-state index is 0.488. The summed E-state index contributed by atoms with van der Waals surface area (Å²) in [4.78, 5) is 2.72. The van der Waals surface area contributed by atoms with Crippen LogP contribution in [-0.4, -0.2) is 24.5 Å². The van der Waals surface area contributed by atoms with Gasteiger partial charge in [-0.25, -0.2) is 0 Å². The molecule has 0 aromatic heterocycles. The molecule has 0 atom stereocenters. The molecule has 1 nitrogen and oxygen atoms in total. The van der Waals surface area contributed by atoms with Gasteiger partial charge >= 0.3 is 0 Å². The fourth-order valence-electron chi connectivity index (χ4n) is 5.33. The van der Waals surface area contributed by atoms with Gasteiger partial charge in [0, 0.05) is 12.5 Å². The van der Waals surface area contributed by atoms with E-state index in [1.165, 1.54) is 75.6 Å². The zero-order valence-electron chi connectivity index (χ0n) is 20.7. The Balaban J connectivity index is 0.000000807. The Hall–Kier alpha value is -1.60. The summed E-state index contributed by atoms with van der Waals surface area (Å²) in [5, 5.41) is 0. The average molecular weight is 422 g/mol. The van der Waals surface area contributed by atoms with Crippen molar-refractivity contribution in [3.63, 3.8) is 0 Å². The van der Waals surface area contributed by atoms with E-state index >= 15 is 0 Å². The molecule has 1 saturated carbocycles. The normalized spacial score (nSPS) is 18.0. The van der Waals surface area contributed by atoms with E-state index in [4.69, 9.17) is 0 Å². The molecule has 1 saturated heterocycles. The van der Waals surface area contributed by atoms with Gasteiger partial charge in [0.25, 0.3) is 0 Å². The minimum atomic E-state index is 0.488. The van der Waals surface area contributed by atoms with Crippen molar-refractivity contribution in [2.75, 3.05) is 19.6 Å². The first kappa shape index (κ1) is 25.7. The summed E-state index contributed by atoms with van der Waals surface area (Å²) in [6.07, 6.45) is 11.8. The highest BCUT2D eigenvalue weighted by molar-refractivity contribution is 5.32. The van der Waals surface area contributed by atoms with Gasteiger partial charge in [-0.3, -0.25) is 0 Å². The molecule has 4 rings (SSSR count). The van der Waals surface area contributed by atoms with Crippen molar-refractivity contribution in [2.45, 2.75) is 85.0 Å². The third kappa shape index (κ3) is 8.45. The Bertz CT molecular complexity index is 612. The Labute approximate surface area is 193 Å². The second-order valence-corrected chi connectivity index (χ2v) is 8.86. The number of hydrogen-bond donors (Lipinski definition) is 0. The maximum absolute atomic E-state index is 2.72. The zero-order chi connectivity index (χ0) is 22.3. The fourth-order valence-corrected chi connectivity index (χ4v) is 5.33. The molecule has 0 unspecified atom stereocenters. The van der Waals surface area contributed by atoms with E-state index in [0.717, 1.165) is 18.4 Å². The Morgan fingerprint density at radius 3 is 1.58 bits per heavy atom. The molecule has 0 spiro atoms. The van der Waals surface area contributed by atoms with Crippen LogP contribution in [0.15, 0.2) is 60.7 Å². The molecule has 1 heterocycles. The third-order valence-corrected chi connectivity index (χ3v) is 6.94. The molecule has 172 valence electrons. The van der Waals surface area contributed by atoms with E-state index < -0.39 is 0 Å². The van der Waals surface area contributed by atoms with Crippen molar-refractivity contribution in [1.29, 1.82) is 0 Å². The van der Waals surface area contributed by atoms with E-state index in [-0.39, 0.29) is 0 Å². The SMILES string of the molecule is CC.CC.c1ccc(C(CN2CCC(CC3CCCCC3)CC2)c2ccccc2)cc1. The lowest BCUT2D eigenvalue weighted by Gasteiger charge is -2.36. The Morgan fingerprint density at radius 2 is 1.10 bits per heavy atom. The van der Waals surface area contributed by atoms with E-state index in [1.807, 2.05) is 27.7 Å². The van der Waals surface area contributed by atoms with E-state index in [2.05, 4.69) is 65.6 Å². The quantitative estimate of drug-likeness (QED) is 0.451. The van der Waals surface area contributed by atoms with E-state index in [0.29, 0.717) is 5.92 Å². The Morgan fingerprint density at radius 1 is 0.645 bits per heavy atom.